The third-order valence-corrected chi connectivity index (χ3v) is 5.22. The molecule has 1 atom stereocenters. The molecule has 4 rings (SSSR count). The van der Waals surface area contributed by atoms with Gasteiger partial charge in [-0.1, -0.05) is 0 Å². The fourth-order valence-corrected chi connectivity index (χ4v) is 3.61. The molecule has 3 saturated heterocycles. The number of aromatic nitrogens is 2. The molecule has 1 aromatic rings. The number of rotatable bonds is 3. The van der Waals surface area contributed by atoms with Gasteiger partial charge in [-0.05, 0) is 6.42 Å². The van der Waals surface area contributed by atoms with Gasteiger partial charge in [0, 0.05) is 53.0 Å². The molecule has 0 saturated carbocycles. The van der Waals surface area contributed by atoms with Crippen LogP contribution in [0, 0.1) is 0 Å². The van der Waals surface area contributed by atoms with E-state index in [0.717, 1.165) is 38.3 Å². The summed E-state index contributed by atoms with van der Waals surface area (Å²) in [6, 6.07) is 0.359. The maximum absolute atomic E-state index is 12.0. The molecule has 0 N–H and O–H groups in total. The summed E-state index contributed by atoms with van der Waals surface area (Å²) >= 11 is 0. The molecule has 3 amide bonds. The van der Waals surface area contributed by atoms with Crippen LogP contribution in [0.4, 0.5) is 10.5 Å². The summed E-state index contributed by atoms with van der Waals surface area (Å²) < 4.78 is 1.93. The predicted molar refractivity (Wildman–Crippen MR) is 84.3 cm³/mol. The normalized spacial score (nSPS) is 26.5. The van der Waals surface area contributed by atoms with Gasteiger partial charge in [-0.3, -0.25) is 19.3 Å². The fourth-order valence-electron chi connectivity index (χ4n) is 3.61. The predicted octanol–water partition coefficient (Wildman–Crippen LogP) is -0.158. The first-order valence-electron chi connectivity index (χ1n) is 8.10. The Bertz CT molecular complexity index is 638. The van der Waals surface area contributed by atoms with Gasteiger partial charge in [0.2, 0.25) is 5.91 Å². The molecule has 3 fully saturated rings. The minimum Gasteiger partial charge on any atom is -0.344 e. The van der Waals surface area contributed by atoms with Gasteiger partial charge in [-0.2, -0.15) is 5.10 Å². The Hall–Kier alpha value is -2.09. The van der Waals surface area contributed by atoms with E-state index < -0.39 is 0 Å². The molecule has 8 nitrogen and oxygen atoms in total. The quantitative estimate of drug-likeness (QED) is 0.777. The summed E-state index contributed by atoms with van der Waals surface area (Å²) in [5, 5.41) is 4.42. The zero-order valence-corrected chi connectivity index (χ0v) is 13.6. The van der Waals surface area contributed by atoms with Crippen LogP contribution < -0.4 is 4.90 Å². The van der Waals surface area contributed by atoms with Crippen molar-refractivity contribution in [2.45, 2.75) is 18.5 Å². The Morgan fingerprint density at radius 1 is 1.09 bits per heavy atom. The van der Waals surface area contributed by atoms with Crippen LogP contribution in [0.1, 0.15) is 12.5 Å². The molecule has 8 heteroatoms. The van der Waals surface area contributed by atoms with Gasteiger partial charge < -0.3 is 9.80 Å². The van der Waals surface area contributed by atoms with Crippen molar-refractivity contribution in [1.82, 2.24) is 24.5 Å². The van der Waals surface area contributed by atoms with E-state index in [4.69, 9.17) is 0 Å². The summed E-state index contributed by atoms with van der Waals surface area (Å²) in [6.45, 7) is 4.00. The van der Waals surface area contributed by atoms with Crippen molar-refractivity contribution in [3.63, 3.8) is 0 Å². The zero-order chi connectivity index (χ0) is 16.1. The number of urea groups is 1. The fraction of sp³-hybridized carbons (Fsp3) is 0.667. The van der Waals surface area contributed by atoms with Crippen molar-refractivity contribution in [2.75, 3.05) is 51.7 Å². The third-order valence-electron chi connectivity index (χ3n) is 5.22. The molecular formula is C15H22N6O2. The van der Waals surface area contributed by atoms with Gasteiger partial charge in [-0.25, -0.2) is 4.79 Å². The molecule has 3 aliphatic rings. The highest BCUT2D eigenvalue weighted by atomic mass is 16.2. The van der Waals surface area contributed by atoms with E-state index in [2.05, 4.69) is 10.00 Å². The second-order valence-electron chi connectivity index (χ2n) is 6.71. The van der Waals surface area contributed by atoms with E-state index in [0.29, 0.717) is 6.54 Å². The Labute approximate surface area is 135 Å². The summed E-state index contributed by atoms with van der Waals surface area (Å²) in [4.78, 5) is 31.6. The molecule has 1 aromatic heterocycles. The van der Waals surface area contributed by atoms with Crippen LogP contribution in [0.25, 0.3) is 0 Å². The van der Waals surface area contributed by atoms with Crippen molar-refractivity contribution in [3.05, 3.63) is 12.4 Å². The SMILES string of the molecule is CN1CCC(N2CC(n3cc(N4CCN(C)C4=O)cn3)C2)C1=O. The molecule has 1 unspecified atom stereocenters. The number of likely N-dealkylation sites (tertiary alicyclic amines) is 2. The Morgan fingerprint density at radius 3 is 2.48 bits per heavy atom. The van der Waals surface area contributed by atoms with E-state index in [1.165, 1.54) is 0 Å². The van der Waals surface area contributed by atoms with Crippen LogP contribution in [-0.4, -0.2) is 89.3 Å². The molecule has 0 aromatic carbocycles. The van der Waals surface area contributed by atoms with Crippen LogP contribution in [-0.2, 0) is 4.79 Å². The molecule has 0 spiro atoms. The van der Waals surface area contributed by atoms with Gasteiger partial charge in [-0.15, -0.1) is 0 Å². The van der Waals surface area contributed by atoms with Crippen LogP contribution in [0.5, 0.6) is 0 Å². The van der Waals surface area contributed by atoms with Crippen molar-refractivity contribution in [3.8, 4) is 0 Å². The molecule has 0 aliphatic carbocycles. The number of anilines is 1. The Kier molecular flexibility index (Phi) is 3.29. The minimum absolute atomic E-state index is 0.0272. The van der Waals surface area contributed by atoms with Crippen molar-refractivity contribution in [1.29, 1.82) is 0 Å². The van der Waals surface area contributed by atoms with E-state index in [9.17, 15) is 9.59 Å². The van der Waals surface area contributed by atoms with Gasteiger partial charge >= 0.3 is 6.03 Å². The zero-order valence-electron chi connectivity index (χ0n) is 13.6. The molecule has 23 heavy (non-hydrogen) atoms. The number of amides is 3. The van der Waals surface area contributed by atoms with Gasteiger partial charge in [0.15, 0.2) is 0 Å². The highest BCUT2D eigenvalue weighted by Crippen LogP contribution is 2.29. The molecule has 0 bridgehead atoms. The van der Waals surface area contributed by atoms with Crippen LogP contribution >= 0.6 is 0 Å². The lowest BCUT2D eigenvalue weighted by Crippen LogP contribution is -2.55. The lowest BCUT2D eigenvalue weighted by Gasteiger charge is -2.42. The number of hydrogen-bond donors (Lipinski definition) is 0. The van der Waals surface area contributed by atoms with Gasteiger partial charge in [0.25, 0.3) is 0 Å². The second-order valence-corrected chi connectivity index (χ2v) is 6.71. The summed E-state index contributed by atoms with van der Waals surface area (Å²) in [5.74, 6) is 0.232. The molecule has 124 valence electrons. The van der Waals surface area contributed by atoms with Crippen LogP contribution in [0.3, 0.4) is 0 Å². The molecule has 3 aliphatic heterocycles. The third kappa shape index (κ3) is 2.28. The smallest absolute Gasteiger partial charge is 0.324 e. The van der Waals surface area contributed by atoms with E-state index >= 15 is 0 Å². The Balaban J connectivity index is 1.38. The monoisotopic (exact) mass is 318 g/mol. The lowest BCUT2D eigenvalue weighted by molar-refractivity contribution is -0.133. The number of nitrogens with zero attached hydrogens (tertiary/aromatic N) is 6. The summed E-state index contributed by atoms with van der Waals surface area (Å²) in [5.41, 5.74) is 0.856. The number of likely N-dealkylation sites (N-methyl/N-ethyl adjacent to an activating group) is 2. The highest BCUT2D eigenvalue weighted by molar-refractivity contribution is 5.93. The standard InChI is InChI=1S/C15H22N6O2/c1-17-4-3-13(14(17)22)19-8-12(9-19)21-10-11(7-16-21)20-6-5-18(2)15(20)23/h7,10,12-13H,3-6,8-9H2,1-2H3. The average Bonchev–Trinajstić information content (AvgIpc) is 3.16. The molecule has 0 radical (unpaired) electrons. The molecular weight excluding hydrogens is 296 g/mol. The number of hydrogen-bond acceptors (Lipinski definition) is 4. The number of carbonyl (C=O) groups is 2. The molecule has 4 heterocycles. The Morgan fingerprint density at radius 2 is 1.87 bits per heavy atom. The summed E-state index contributed by atoms with van der Waals surface area (Å²) in [6.07, 6.45) is 4.62. The van der Waals surface area contributed by atoms with Crippen molar-refractivity contribution >= 4 is 17.6 Å². The van der Waals surface area contributed by atoms with Crippen molar-refractivity contribution in [2.24, 2.45) is 0 Å². The topological polar surface area (TPSA) is 64.9 Å². The summed E-state index contributed by atoms with van der Waals surface area (Å²) in [7, 11) is 3.68. The number of carbonyl (C=O) groups excluding carboxylic acids is 2. The first kappa shape index (κ1) is 14.5. The van der Waals surface area contributed by atoms with E-state index in [-0.39, 0.29) is 24.0 Å². The van der Waals surface area contributed by atoms with Gasteiger partial charge in [0.05, 0.1) is 24.0 Å². The van der Waals surface area contributed by atoms with Crippen molar-refractivity contribution < 1.29 is 9.59 Å². The first-order chi connectivity index (χ1) is 11.0. The van der Waals surface area contributed by atoms with E-state index in [1.54, 1.807) is 20.9 Å². The average molecular weight is 318 g/mol. The maximum atomic E-state index is 12.0. The van der Waals surface area contributed by atoms with Crippen LogP contribution in [0.15, 0.2) is 12.4 Å². The second kappa shape index (κ2) is 5.23. The minimum atomic E-state index is 0.0272. The maximum Gasteiger partial charge on any atom is 0.324 e. The van der Waals surface area contributed by atoms with E-state index in [1.807, 2.05) is 25.0 Å². The van der Waals surface area contributed by atoms with Crippen LogP contribution in [0.2, 0.25) is 0 Å². The highest BCUT2D eigenvalue weighted by Gasteiger charge is 2.41. The van der Waals surface area contributed by atoms with Gasteiger partial charge in [0.1, 0.15) is 0 Å². The first-order valence-corrected chi connectivity index (χ1v) is 8.10. The largest absolute Gasteiger partial charge is 0.344 e. The lowest BCUT2D eigenvalue weighted by atomic mass is 10.0.